The predicted octanol–water partition coefficient (Wildman–Crippen LogP) is 3.28. The van der Waals surface area contributed by atoms with E-state index in [4.69, 9.17) is 0 Å². The van der Waals surface area contributed by atoms with E-state index in [-0.39, 0.29) is 0 Å². The van der Waals surface area contributed by atoms with Crippen molar-refractivity contribution in [3.8, 4) is 0 Å². The van der Waals surface area contributed by atoms with Crippen molar-refractivity contribution in [1.29, 1.82) is 0 Å². The van der Waals surface area contributed by atoms with E-state index in [1.807, 2.05) is 6.08 Å². The predicted molar refractivity (Wildman–Crippen MR) is 53.1 cm³/mol. The number of unbranched alkanes of at least 4 members (excludes halogenated alkanes) is 3. The molecule has 0 fully saturated rings. The number of aliphatic imine (C=N–C) groups is 1. The van der Waals surface area contributed by atoms with Gasteiger partial charge in [0.1, 0.15) is 11.8 Å². The molecule has 12 heavy (non-hydrogen) atoms. The third-order valence-corrected chi connectivity index (χ3v) is 1.97. The molecule has 0 saturated heterocycles. The first-order valence-electron chi connectivity index (χ1n) is 4.75. The van der Waals surface area contributed by atoms with Crippen LogP contribution in [-0.2, 0) is 0 Å². The zero-order valence-electron chi connectivity index (χ0n) is 7.71. The van der Waals surface area contributed by atoms with Crippen LogP contribution in [0.25, 0.3) is 0 Å². The molecule has 0 atom stereocenters. The van der Waals surface area contributed by atoms with Crippen LogP contribution in [0.4, 0.5) is 0 Å². The van der Waals surface area contributed by atoms with Crippen LogP contribution in [0, 0.1) is 6.20 Å². The van der Waals surface area contributed by atoms with Crippen LogP contribution in [0.1, 0.15) is 39.0 Å². The van der Waals surface area contributed by atoms with Crippen LogP contribution in [0.2, 0.25) is 0 Å². The molecule has 1 nitrogen and oxygen atoms in total. The molecule has 0 aromatic heterocycles. The van der Waals surface area contributed by atoms with Gasteiger partial charge in [-0.1, -0.05) is 31.2 Å². The second-order valence-electron chi connectivity index (χ2n) is 3.08. The minimum absolute atomic E-state index is 1.13. The minimum Gasteiger partial charge on any atom is -0.0740 e. The highest BCUT2D eigenvalue weighted by molar-refractivity contribution is 5.73. The molecular weight excluding hydrogens is 146 g/mol. The molecule has 0 radical (unpaired) electrons. The zero-order valence-corrected chi connectivity index (χ0v) is 7.71. The summed E-state index contributed by atoms with van der Waals surface area (Å²) in [6, 6.07) is 0. The van der Waals surface area contributed by atoms with E-state index in [0.717, 1.165) is 6.42 Å². The third-order valence-electron chi connectivity index (χ3n) is 1.97. The molecule has 64 valence electrons. The first-order chi connectivity index (χ1) is 5.93. The Morgan fingerprint density at radius 1 is 1.33 bits per heavy atom. The summed E-state index contributed by atoms with van der Waals surface area (Å²) in [5.41, 5.74) is 1.24. The Balaban J connectivity index is 2.11. The van der Waals surface area contributed by atoms with Crippen molar-refractivity contribution in [3.63, 3.8) is 0 Å². The second-order valence-corrected chi connectivity index (χ2v) is 3.08. The van der Waals surface area contributed by atoms with Crippen LogP contribution in [-0.4, -0.2) is 6.21 Å². The van der Waals surface area contributed by atoms with Crippen molar-refractivity contribution in [1.82, 2.24) is 0 Å². The first-order valence-corrected chi connectivity index (χ1v) is 4.75. The van der Waals surface area contributed by atoms with Crippen LogP contribution in [0.15, 0.2) is 22.7 Å². The fourth-order valence-electron chi connectivity index (χ4n) is 1.24. The average molecular weight is 162 g/mol. The lowest BCUT2D eigenvalue weighted by molar-refractivity contribution is 0.667. The highest BCUT2D eigenvalue weighted by atomic mass is 14.7. The molecule has 0 aliphatic carbocycles. The van der Waals surface area contributed by atoms with E-state index in [9.17, 15) is 0 Å². The zero-order chi connectivity index (χ0) is 8.65. The van der Waals surface area contributed by atoms with E-state index in [0.29, 0.717) is 0 Å². The summed E-state index contributed by atoms with van der Waals surface area (Å²) in [4.78, 5) is 3.96. The maximum atomic E-state index is 3.96. The minimum atomic E-state index is 1.13. The van der Waals surface area contributed by atoms with Gasteiger partial charge in [0, 0.05) is 6.42 Å². The van der Waals surface area contributed by atoms with E-state index >= 15 is 0 Å². The van der Waals surface area contributed by atoms with Crippen molar-refractivity contribution < 1.29 is 0 Å². The van der Waals surface area contributed by atoms with Gasteiger partial charge in [-0.2, -0.15) is 0 Å². The molecule has 0 spiro atoms. The van der Waals surface area contributed by atoms with Gasteiger partial charge in [-0.3, -0.25) is 0 Å². The summed E-state index contributed by atoms with van der Waals surface area (Å²) in [7, 11) is 0. The molecule has 1 aliphatic heterocycles. The molecular formula is C11H16N+. The van der Waals surface area contributed by atoms with Gasteiger partial charge in [0.15, 0.2) is 6.20 Å². The van der Waals surface area contributed by atoms with Crippen molar-refractivity contribution in [2.45, 2.75) is 39.0 Å². The fourth-order valence-corrected chi connectivity index (χ4v) is 1.24. The van der Waals surface area contributed by atoms with E-state index in [1.54, 1.807) is 6.21 Å². The topological polar surface area (TPSA) is 12.4 Å². The lowest BCUT2D eigenvalue weighted by atomic mass is 10.1. The average Bonchev–Trinajstić information content (AvgIpc) is 2.14. The standard InChI is InChI=1S/C11H16N/c1-2-3-4-5-7-11-8-6-9-12-10-11/h6,8-9H,2-5,7H2,1H3/q+1. The smallest absolute Gasteiger partial charge is 0.0740 e. The Bertz CT molecular complexity index is 199. The summed E-state index contributed by atoms with van der Waals surface area (Å²) in [5.74, 6) is 0. The summed E-state index contributed by atoms with van der Waals surface area (Å²) in [6.45, 7) is 2.23. The van der Waals surface area contributed by atoms with Crippen molar-refractivity contribution in [3.05, 3.63) is 23.9 Å². The molecule has 0 saturated carbocycles. The number of hydrogen-bond donors (Lipinski definition) is 0. The number of rotatable bonds is 5. The van der Waals surface area contributed by atoms with Gasteiger partial charge in [0.05, 0.1) is 12.2 Å². The third kappa shape index (κ3) is 3.45. The summed E-state index contributed by atoms with van der Waals surface area (Å²) in [5, 5.41) is 0. The molecule has 1 rings (SSSR count). The second kappa shape index (κ2) is 5.68. The van der Waals surface area contributed by atoms with Gasteiger partial charge in [-0.05, 0) is 6.42 Å². The van der Waals surface area contributed by atoms with E-state index < -0.39 is 0 Å². The van der Waals surface area contributed by atoms with Crippen molar-refractivity contribution in [2.24, 2.45) is 4.99 Å². The van der Waals surface area contributed by atoms with Gasteiger partial charge < -0.3 is 0 Å². The Morgan fingerprint density at radius 2 is 2.25 bits per heavy atom. The maximum absolute atomic E-state index is 3.96. The summed E-state index contributed by atoms with van der Waals surface area (Å²) >= 11 is 0. The van der Waals surface area contributed by atoms with E-state index in [1.165, 1.54) is 31.3 Å². The van der Waals surface area contributed by atoms with Gasteiger partial charge in [0.25, 0.3) is 0 Å². The Morgan fingerprint density at radius 3 is 2.92 bits per heavy atom. The van der Waals surface area contributed by atoms with E-state index in [2.05, 4.69) is 24.2 Å². The van der Waals surface area contributed by atoms with Gasteiger partial charge >= 0.3 is 0 Å². The Hall–Kier alpha value is -0.940. The van der Waals surface area contributed by atoms with Gasteiger partial charge in [0.2, 0.25) is 0 Å². The highest BCUT2D eigenvalue weighted by Gasteiger charge is 2.03. The molecule has 0 unspecified atom stereocenters. The van der Waals surface area contributed by atoms with Crippen LogP contribution in [0.3, 0.4) is 0 Å². The van der Waals surface area contributed by atoms with Crippen LogP contribution >= 0.6 is 0 Å². The molecule has 0 aromatic rings. The number of nitrogens with zero attached hydrogens (tertiary/aromatic N) is 1. The quantitative estimate of drug-likeness (QED) is 0.434. The number of hydrogen-bond acceptors (Lipinski definition) is 1. The number of allylic oxidation sites excluding steroid dienone is 3. The van der Waals surface area contributed by atoms with Gasteiger partial charge in [-0.15, -0.1) is 0 Å². The molecule has 1 heteroatoms. The van der Waals surface area contributed by atoms with Crippen LogP contribution < -0.4 is 0 Å². The van der Waals surface area contributed by atoms with Crippen LogP contribution in [0.5, 0.6) is 0 Å². The molecule has 0 N–H and O–H groups in total. The van der Waals surface area contributed by atoms with Crippen molar-refractivity contribution >= 4 is 6.21 Å². The fraction of sp³-hybridized carbons (Fsp3) is 0.545. The molecule has 1 heterocycles. The monoisotopic (exact) mass is 162 g/mol. The SMILES string of the molecule is CCCCCCC1=[C+]N=CC=C1. The van der Waals surface area contributed by atoms with Gasteiger partial charge in [-0.25, -0.2) is 0 Å². The highest BCUT2D eigenvalue weighted by Crippen LogP contribution is 2.12. The molecule has 0 bridgehead atoms. The molecule has 1 aliphatic rings. The largest absolute Gasteiger partial charge is 0.159 e. The molecule has 0 aromatic carbocycles. The summed E-state index contributed by atoms with van der Waals surface area (Å²) < 4.78 is 0. The maximum Gasteiger partial charge on any atom is 0.159 e. The molecule has 0 amide bonds. The summed E-state index contributed by atoms with van der Waals surface area (Å²) in [6.07, 6.45) is 15.2. The Kier molecular flexibility index (Phi) is 4.33. The Labute approximate surface area is 74.9 Å². The van der Waals surface area contributed by atoms with Crippen molar-refractivity contribution in [2.75, 3.05) is 0 Å². The first kappa shape index (κ1) is 9.15. The lowest BCUT2D eigenvalue weighted by Crippen LogP contribution is -1.85. The lowest BCUT2D eigenvalue weighted by Gasteiger charge is -1.95. The normalized spacial score (nSPS) is 14.2.